The Morgan fingerprint density at radius 2 is 2.00 bits per heavy atom. The molecule has 0 radical (unpaired) electrons. The number of amides is 2. The van der Waals surface area contributed by atoms with Crippen molar-refractivity contribution in [1.29, 1.82) is 0 Å². The third kappa shape index (κ3) is 5.47. The number of hydrogen-bond donors (Lipinski definition) is 4. The van der Waals surface area contributed by atoms with Crippen LogP contribution in [0, 0.1) is 0 Å². The number of carbonyl (C=O) groups is 1. The Hall–Kier alpha value is -1.41. The minimum atomic E-state index is -4.56. The lowest BCUT2D eigenvalue weighted by molar-refractivity contribution is 0.245. The van der Waals surface area contributed by atoms with Gasteiger partial charge in [0.25, 0.3) is 10.0 Å². The molecule has 0 aliphatic heterocycles. The average Bonchev–Trinajstić information content (AvgIpc) is 2.37. The number of urea groups is 1. The molecule has 0 spiro atoms. The molecule has 0 aliphatic carbocycles. The fraction of sp³-hybridized carbons (Fsp3) is 0.364. The van der Waals surface area contributed by atoms with E-state index in [1.807, 2.05) is 6.92 Å². The lowest BCUT2D eigenvalue weighted by Gasteiger charge is -2.10. The fourth-order valence-electron chi connectivity index (χ4n) is 1.43. The molecule has 8 nitrogen and oxygen atoms in total. The second kappa shape index (κ2) is 7.04. The molecule has 0 fully saturated rings. The second-order valence-electron chi connectivity index (χ2n) is 4.26. The Bertz CT molecular complexity index is 654. The first kappa shape index (κ1) is 17.6. The highest BCUT2D eigenvalue weighted by Crippen LogP contribution is 2.33. The summed E-state index contributed by atoms with van der Waals surface area (Å²) in [5.74, 6) is 0. The van der Waals surface area contributed by atoms with E-state index < -0.39 is 33.9 Å². The first-order chi connectivity index (χ1) is 9.66. The van der Waals surface area contributed by atoms with Crippen molar-refractivity contribution in [3.05, 3.63) is 24.3 Å². The van der Waals surface area contributed by atoms with E-state index in [2.05, 4.69) is 5.32 Å². The summed E-state index contributed by atoms with van der Waals surface area (Å²) in [6.45, 7) is 2.25. The predicted octanol–water partition coefficient (Wildman–Crippen LogP) is 0.278. The highest BCUT2D eigenvalue weighted by Gasteiger charge is 2.22. The molecule has 0 saturated heterocycles. The fourth-order valence-corrected chi connectivity index (χ4v) is 3.08. The van der Waals surface area contributed by atoms with Crippen molar-refractivity contribution < 1.29 is 27.6 Å². The topological polar surface area (TPSA) is 133 Å². The molecular weight excluding hydrogens is 319 g/mol. The van der Waals surface area contributed by atoms with Gasteiger partial charge in [-0.3, -0.25) is 4.57 Å². The van der Waals surface area contributed by atoms with E-state index in [0.29, 0.717) is 13.0 Å². The van der Waals surface area contributed by atoms with Gasteiger partial charge in [0.05, 0.1) is 10.2 Å². The number of unbranched alkanes of at least 4 members (excludes halogenated alkanes) is 1. The lowest BCUT2D eigenvalue weighted by Crippen LogP contribution is -2.39. The van der Waals surface area contributed by atoms with Gasteiger partial charge >= 0.3 is 13.6 Å². The normalized spacial score (nSPS) is 12.0. The van der Waals surface area contributed by atoms with Crippen LogP contribution < -0.4 is 15.3 Å². The van der Waals surface area contributed by atoms with Gasteiger partial charge in [0, 0.05) is 6.54 Å². The van der Waals surface area contributed by atoms with Crippen molar-refractivity contribution in [3.8, 4) is 0 Å². The summed E-state index contributed by atoms with van der Waals surface area (Å²) in [7, 11) is -8.75. The standard InChI is InChI=1S/C11H17N2O6PS/c1-2-3-7-12-11(14)13-21(18,19)10-6-4-5-9(8-10)20(15,16)17/h4-6,8H,2-3,7H2,1H3,(H2,12,13,14)(H2,15,16,17). The number of carbonyl (C=O) groups excluding carboxylic acids is 1. The predicted molar refractivity (Wildman–Crippen MR) is 76.7 cm³/mol. The lowest BCUT2D eigenvalue weighted by atomic mass is 10.3. The van der Waals surface area contributed by atoms with Crippen LogP contribution in [-0.4, -0.2) is 30.8 Å². The van der Waals surface area contributed by atoms with Crippen molar-refractivity contribution in [2.75, 3.05) is 6.54 Å². The summed E-state index contributed by atoms with van der Waals surface area (Å²) in [6, 6.07) is 3.40. The van der Waals surface area contributed by atoms with E-state index in [1.54, 1.807) is 4.72 Å². The zero-order chi connectivity index (χ0) is 16.1. The molecule has 2 amide bonds. The van der Waals surface area contributed by atoms with Crippen LogP contribution in [0.15, 0.2) is 29.2 Å². The van der Waals surface area contributed by atoms with Gasteiger partial charge in [0.1, 0.15) is 0 Å². The van der Waals surface area contributed by atoms with Crippen molar-refractivity contribution >= 4 is 29.0 Å². The quantitative estimate of drug-likeness (QED) is 0.435. The third-order valence-corrected chi connectivity index (χ3v) is 4.79. The highest BCUT2D eigenvalue weighted by molar-refractivity contribution is 7.90. The van der Waals surface area contributed by atoms with Crippen LogP contribution in [0.3, 0.4) is 0 Å². The summed E-state index contributed by atoms with van der Waals surface area (Å²) in [5.41, 5.74) is 0. The summed E-state index contributed by atoms with van der Waals surface area (Å²) in [4.78, 5) is 29.1. The number of hydrogen-bond acceptors (Lipinski definition) is 4. The maximum Gasteiger partial charge on any atom is 0.356 e. The van der Waals surface area contributed by atoms with E-state index in [-0.39, 0.29) is 0 Å². The Balaban J connectivity index is 2.88. The minimum absolute atomic E-state index is 0.334. The van der Waals surface area contributed by atoms with Gasteiger partial charge in [-0.1, -0.05) is 19.4 Å². The Morgan fingerprint density at radius 3 is 2.57 bits per heavy atom. The highest BCUT2D eigenvalue weighted by atomic mass is 32.2. The molecule has 0 bridgehead atoms. The SMILES string of the molecule is CCCCNC(=O)NS(=O)(=O)c1cccc(P(=O)(O)O)c1. The first-order valence-corrected chi connectivity index (χ1v) is 9.23. The monoisotopic (exact) mass is 336 g/mol. The summed E-state index contributed by atoms with van der Waals surface area (Å²) in [5, 5.41) is 1.94. The molecule has 0 heterocycles. The largest absolute Gasteiger partial charge is 0.356 e. The molecular formula is C11H17N2O6PS. The Labute approximate surface area is 122 Å². The summed E-state index contributed by atoms with van der Waals surface area (Å²) < 4.78 is 36.7. The van der Waals surface area contributed by atoms with E-state index in [9.17, 15) is 17.8 Å². The van der Waals surface area contributed by atoms with E-state index >= 15 is 0 Å². The summed E-state index contributed by atoms with van der Waals surface area (Å²) in [6.07, 6.45) is 1.55. The third-order valence-electron chi connectivity index (χ3n) is 2.51. The van der Waals surface area contributed by atoms with Gasteiger partial charge in [-0.05, 0) is 24.6 Å². The molecule has 0 atom stereocenters. The van der Waals surface area contributed by atoms with Crippen LogP contribution in [-0.2, 0) is 14.6 Å². The van der Waals surface area contributed by atoms with E-state index in [1.165, 1.54) is 6.07 Å². The van der Waals surface area contributed by atoms with Gasteiger partial charge in [-0.2, -0.15) is 0 Å². The minimum Gasteiger partial charge on any atom is -0.337 e. The van der Waals surface area contributed by atoms with Crippen molar-refractivity contribution in [2.24, 2.45) is 0 Å². The Morgan fingerprint density at radius 1 is 1.33 bits per heavy atom. The Kier molecular flexibility index (Phi) is 5.91. The maximum absolute atomic E-state index is 11.9. The van der Waals surface area contributed by atoms with Gasteiger partial charge < -0.3 is 15.1 Å². The number of benzene rings is 1. The average molecular weight is 336 g/mol. The smallest absolute Gasteiger partial charge is 0.337 e. The summed E-state index contributed by atoms with van der Waals surface area (Å²) >= 11 is 0. The second-order valence-corrected chi connectivity index (χ2v) is 7.54. The molecule has 0 unspecified atom stereocenters. The van der Waals surface area contributed by atoms with Gasteiger partial charge in [0.2, 0.25) is 0 Å². The van der Waals surface area contributed by atoms with Crippen LogP contribution in [0.2, 0.25) is 0 Å². The number of sulfonamides is 1. The van der Waals surface area contributed by atoms with Crippen LogP contribution in [0.5, 0.6) is 0 Å². The maximum atomic E-state index is 11.9. The van der Waals surface area contributed by atoms with Gasteiger partial charge in [-0.15, -0.1) is 0 Å². The molecule has 1 rings (SSSR count). The molecule has 10 heteroatoms. The molecule has 1 aromatic rings. The van der Waals surface area contributed by atoms with Crippen LogP contribution in [0.1, 0.15) is 19.8 Å². The van der Waals surface area contributed by atoms with Crippen molar-refractivity contribution in [2.45, 2.75) is 24.7 Å². The number of nitrogens with one attached hydrogen (secondary N) is 2. The van der Waals surface area contributed by atoms with Crippen molar-refractivity contribution in [1.82, 2.24) is 10.0 Å². The molecule has 118 valence electrons. The molecule has 0 aliphatic rings. The van der Waals surface area contributed by atoms with Crippen LogP contribution >= 0.6 is 7.60 Å². The number of rotatable bonds is 6. The van der Waals surface area contributed by atoms with Gasteiger partial charge in [0.15, 0.2) is 0 Å². The van der Waals surface area contributed by atoms with E-state index in [0.717, 1.165) is 24.6 Å². The molecule has 1 aromatic carbocycles. The molecule has 21 heavy (non-hydrogen) atoms. The van der Waals surface area contributed by atoms with Crippen LogP contribution in [0.4, 0.5) is 4.79 Å². The molecule has 4 N–H and O–H groups in total. The van der Waals surface area contributed by atoms with Gasteiger partial charge in [-0.25, -0.2) is 17.9 Å². The first-order valence-electron chi connectivity index (χ1n) is 6.13. The zero-order valence-corrected chi connectivity index (χ0v) is 13.0. The van der Waals surface area contributed by atoms with Crippen LogP contribution in [0.25, 0.3) is 0 Å². The molecule has 0 aromatic heterocycles. The zero-order valence-electron chi connectivity index (χ0n) is 11.3. The van der Waals surface area contributed by atoms with Crippen molar-refractivity contribution in [3.63, 3.8) is 0 Å². The molecule has 0 saturated carbocycles. The van der Waals surface area contributed by atoms with E-state index in [4.69, 9.17) is 9.79 Å².